The molecule has 1 aromatic heterocycles. The highest BCUT2D eigenvalue weighted by atomic mass is 32.1. The average molecular weight is 211 g/mol. The van der Waals surface area contributed by atoms with E-state index in [4.69, 9.17) is 5.11 Å². The number of nitrogens with zero attached hydrogens (tertiary/aromatic N) is 1. The number of halogens is 1. The maximum atomic E-state index is 12.8. The maximum absolute atomic E-state index is 12.8. The summed E-state index contributed by atoms with van der Waals surface area (Å²) >= 11 is 3.85. The Morgan fingerprint density at radius 3 is 3.00 bits per heavy atom. The highest BCUT2D eigenvalue weighted by Crippen LogP contribution is 2.06. The molecule has 0 aliphatic rings. The largest absolute Gasteiger partial charge is 0.478 e. The van der Waals surface area contributed by atoms with Crippen LogP contribution in [0.2, 0.25) is 0 Å². The summed E-state index contributed by atoms with van der Waals surface area (Å²) in [5.41, 5.74) is -0.117. The van der Waals surface area contributed by atoms with Crippen molar-refractivity contribution < 1.29 is 14.3 Å². The van der Waals surface area contributed by atoms with Crippen LogP contribution >= 0.6 is 12.6 Å². The highest BCUT2D eigenvalue weighted by molar-refractivity contribution is 7.80. The van der Waals surface area contributed by atoms with Gasteiger partial charge in [-0.15, -0.1) is 0 Å². The van der Waals surface area contributed by atoms with Crippen LogP contribution in [0, 0.1) is 17.8 Å². The van der Waals surface area contributed by atoms with E-state index in [0.29, 0.717) is 11.3 Å². The van der Waals surface area contributed by atoms with Crippen LogP contribution in [0.15, 0.2) is 12.3 Å². The van der Waals surface area contributed by atoms with Crippen LogP contribution in [-0.4, -0.2) is 21.8 Å². The van der Waals surface area contributed by atoms with Crippen molar-refractivity contribution in [1.82, 2.24) is 4.98 Å². The Hall–Kier alpha value is -1.54. The maximum Gasteiger partial charge on any atom is 0.340 e. The average Bonchev–Trinajstić information content (AvgIpc) is 2.16. The standard InChI is InChI=1S/C9H6FNO2S/c10-8-7(9(12)13)4-6(5-11-8)2-1-3-14/h4-5,14H,3H2,(H,12,13). The number of pyridine rings is 1. The summed E-state index contributed by atoms with van der Waals surface area (Å²) in [6.07, 6.45) is 1.18. The molecule has 0 saturated carbocycles. The molecule has 1 heterocycles. The van der Waals surface area contributed by atoms with E-state index in [9.17, 15) is 9.18 Å². The lowest BCUT2D eigenvalue weighted by atomic mass is 10.2. The smallest absolute Gasteiger partial charge is 0.340 e. The molecular weight excluding hydrogens is 205 g/mol. The van der Waals surface area contributed by atoms with Gasteiger partial charge in [-0.1, -0.05) is 11.8 Å². The summed E-state index contributed by atoms with van der Waals surface area (Å²) < 4.78 is 12.8. The van der Waals surface area contributed by atoms with Gasteiger partial charge in [-0.2, -0.15) is 17.0 Å². The van der Waals surface area contributed by atoms with Crippen LogP contribution < -0.4 is 0 Å². The lowest BCUT2D eigenvalue weighted by Gasteiger charge is -1.96. The van der Waals surface area contributed by atoms with Crippen molar-refractivity contribution in [1.29, 1.82) is 0 Å². The third kappa shape index (κ3) is 2.47. The summed E-state index contributed by atoms with van der Waals surface area (Å²) in [5.74, 6) is 3.19. The molecule has 0 aromatic carbocycles. The Balaban J connectivity index is 3.13. The van der Waals surface area contributed by atoms with Crippen LogP contribution in [-0.2, 0) is 0 Å². The predicted molar refractivity (Wildman–Crippen MR) is 51.9 cm³/mol. The third-order valence-electron chi connectivity index (χ3n) is 1.38. The van der Waals surface area contributed by atoms with Crippen molar-refractivity contribution in [3.63, 3.8) is 0 Å². The van der Waals surface area contributed by atoms with Crippen LogP contribution in [0.3, 0.4) is 0 Å². The van der Waals surface area contributed by atoms with Crippen molar-refractivity contribution in [3.05, 3.63) is 29.3 Å². The zero-order valence-corrected chi connectivity index (χ0v) is 7.88. The van der Waals surface area contributed by atoms with Gasteiger partial charge in [-0.3, -0.25) is 0 Å². The Morgan fingerprint density at radius 1 is 1.71 bits per heavy atom. The second-order valence-electron chi connectivity index (χ2n) is 2.33. The minimum Gasteiger partial charge on any atom is -0.478 e. The summed E-state index contributed by atoms with van der Waals surface area (Å²) in [6, 6.07) is 1.14. The molecular formula is C9H6FNO2S. The molecule has 72 valence electrons. The summed E-state index contributed by atoms with van der Waals surface area (Å²) in [7, 11) is 0. The van der Waals surface area contributed by atoms with Gasteiger partial charge >= 0.3 is 5.97 Å². The van der Waals surface area contributed by atoms with Crippen LogP contribution in [0.1, 0.15) is 15.9 Å². The van der Waals surface area contributed by atoms with Gasteiger partial charge in [0.2, 0.25) is 5.95 Å². The fraction of sp³-hybridized carbons (Fsp3) is 0.111. The Kier molecular flexibility index (Phi) is 3.48. The number of carboxylic acid groups (broad SMARTS) is 1. The Morgan fingerprint density at radius 2 is 2.43 bits per heavy atom. The van der Waals surface area contributed by atoms with Gasteiger partial charge < -0.3 is 5.11 Å². The summed E-state index contributed by atoms with van der Waals surface area (Å²) in [6.45, 7) is 0. The minimum atomic E-state index is -1.36. The molecule has 14 heavy (non-hydrogen) atoms. The fourth-order valence-corrected chi connectivity index (χ4v) is 0.887. The molecule has 5 heteroatoms. The molecule has 0 fully saturated rings. The molecule has 0 amide bonds. The molecule has 0 aliphatic heterocycles. The SMILES string of the molecule is O=C(O)c1cc(C#CCS)cnc1F. The second-order valence-corrected chi connectivity index (χ2v) is 2.64. The van der Waals surface area contributed by atoms with E-state index in [0.717, 1.165) is 6.07 Å². The van der Waals surface area contributed by atoms with Gasteiger partial charge in [0.1, 0.15) is 5.56 Å². The zero-order chi connectivity index (χ0) is 10.6. The molecule has 0 radical (unpaired) electrons. The topological polar surface area (TPSA) is 50.2 Å². The molecule has 1 rings (SSSR count). The number of hydrogen-bond donors (Lipinski definition) is 2. The quantitative estimate of drug-likeness (QED) is 0.417. The Bertz CT molecular complexity index is 423. The first kappa shape index (κ1) is 10.5. The molecule has 0 unspecified atom stereocenters. The number of rotatable bonds is 1. The van der Waals surface area contributed by atoms with Gasteiger partial charge in [-0.05, 0) is 6.07 Å². The molecule has 3 nitrogen and oxygen atoms in total. The van der Waals surface area contributed by atoms with E-state index in [2.05, 4.69) is 29.5 Å². The number of hydrogen-bond acceptors (Lipinski definition) is 3. The molecule has 0 saturated heterocycles. The van der Waals surface area contributed by atoms with Gasteiger partial charge in [0.25, 0.3) is 0 Å². The monoisotopic (exact) mass is 211 g/mol. The fourth-order valence-electron chi connectivity index (χ4n) is 0.808. The Labute approximate surface area is 85.4 Å². The van der Waals surface area contributed by atoms with Crippen LogP contribution in [0.5, 0.6) is 0 Å². The lowest BCUT2D eigenvalue weighted by molar-refractivity contribution is 0.0690. The van der Waals surface area contributed by atoms with E-state index in [1.165, 1.54) is 6.20 Å². The number of thiol groups is 1. The van der Waals surface area contributed by atoms with Crippen molar-refractivity contribution in [2.75, 3.05) is 5.75 Å². The second kappa shape index (κ2) is 4.63. The van der Waals surface area contributed by atoms with Gasteiger partial charge in [0, 0.05) is 11.8 Å². The number of aromatic nitrogens is 1. The van der Waals surface area contributed by atoms with Crippen LogP contribution in [0.25, 0.3) is 0 Å². The highest BCUT2D eigenvalue weighted by Gasteiger charge is 2.11. The third-order valence-corrected chi connectivity index (χ3v) is 1.54. The molecule has 1 aromatic rings. The van der Waals surface area contributed by atoms with Gasteiger partial charge in [0.05, 0.1) is 5.75 Å². The molecule has 0 bridgehead atoms. The minimum absolute atomic E-state index is 0.347. The van der Waals surface area contributed by atoms with E-state index >= 15 is 0 Å². The number of carbonyl (C=O) groups is 1. The van der Waals surface area contributed by atoms with Crippen molar-refractivity contribution in [2.45, 2.75) is 0 Å². The first-order chi connectivity index (χ1) is 6.65. The van der Waals surface area contributed by atoms with Crippen molar-refractivity contribution in [3.8, 4) is 11.8 Å². The normalized spacial score (nSPS) is 9.00. The van der Waals surface area contributed by atoms with E-state index < -0.39 is 17.5 Å². The first-order valence-electron chi connectivity index (χ1n) is 3.63. The van der Waals surface area contributed by atoms with E-state index in [-0.39, 0.29) is 0 Å². The van der Waals surface area contributed by atoms with E-state index in [1.807, 2.05) is 0 Å². The summed E-state index contributed by atoms with van der Waals surface area (Å²) in [5, 5.41) is 8.57. The molecule has 0 aliphatic carbocycles. The molecule has 0 spiro atoms. The van der Waals surface area contributed by atoms with Crippen molar-refractivity contribution >= 4 is 18.6 Å². The predicted octanol–water partition coefficient (Wildman–Crippen LogP) is 1.20. The summed E-state index contributed by atoms with van der Waals surface area (Å²) in [4.78, 5) is 13.8. The number of aromatic carboxylic acids is 1. The molecule has 0 atom stereocenters. The van der Waals surface area contributed by atoms with Gasteiger partial charge in [-0.25, -0.2) is 9.78 Å². The van der Waals surface area contributed by atoms with Crippen molar-refractivity contribution in [2.24, 2.45) is 0 Å². The first-order valence-corrected chi connectivity index (χ1v) is 4.27. The zero-order valence-electron chi connectivity index (χ0n) is 6.99. The number of carboxylic acids is 1. The van der Waals surface area contributed by atoms with Crippen LogP contribution in [0.4, 0.5) is 4.39 Å². The molecule has 1 N–H and O–H groups in total. The van der Waals surface area contributed by atoms with Gasteiger partial charge in [0.15, 0.2) is 0 Å². The van der Waals surface area contributed by atoms with E-state index in [1.54, 1.807) is 0 Å². The lowest BCUT2D eigenvalue weighted by Crippen LogP contribution is -2.03.